The lowest BCUT2D eigenvalue weighted by Crippen LogP contribution is -2.31. The predicted molar refractivity (Wildman–Crippen MR) is 74.4 cm³/mol. The minimum absolute atomic E-state index is 0.0226. The van der Waals surface area contributed by atoms with E-state index in [9.17, 15) is 14.9 Å². The van der Waals surface area contributed by atoms with Crippen LogP contribution in [0.3, 0.4) is 0 Å². The van der Waals surface area contributed by atoms with Crippen LogP contribution < -0.4 is 10.6 Å². The first-order chi connectivity index (χ1) is 8.97. The zero-order valence-corrected chi connectivity index (χ0v) is 11.3. The molecule has 0 heterocycles. The van der Waals surface area contributed by atoms with Crippen molar-refractivity contribution >= 4 is 23.0 Å². The minimum atomic E-state index is -0.466. The highest BCUT2D eigenvalue weighted by Crippen LogP contribution is 2.23. The van der Waals surface area contributed by atoms with Gasteiger partial charge in [0.05, 0.1) is 11.5 Å². The maximum atomic E-state index is 11.6. The Morgan fingerprint density at radius 1 is 1.37 bits per heavy atom. The fourth-order valence-electron chi connectivity index (χ4n) is 1.45. The number of carbonyl (C=O) groups excluding carboxylic acids is 1. The average molecular weight is 266 g/mol. The molecule has 19 heavy (non-hydrogen) atoms. The van der Waals surface area contributed by atoms with E-state index in [0.717, 1.165) is 0 Å². The van der Waals surface area contributed by atoms with Gasteiger partial charge in [0, 0.05) is 44.1 Å². The van der Waals surface area contributed by atoms with Gasteiger partial charge in [-0.25, -0.2) is 0 Å². The number of non-ortho nitro benzene ring substituents is 1. The summed E-state index contributed by atoms with van der Waals surface area (Å²) < 4.78 is 0. The van der Waals surface area contributed by atoms with E-state index in [2.05, 4.69) is 10.6 Å². The van der Waals surface area contributed by atoms with Crippen LogP contribution in [0.5, 0.6) is 0 Å². The summed E-state index contributed by atoms with van der Waals surface area (Å²) in [5, 5.41) is 16.5. The van der Waals surface area contributed by atoms with Crippen molar-refractivity contribution in [1.29, 1.82) is 0 Å². The van der Waals surface area contributed by atoms with Gasteiger partial charge in [0.1, 0.15) is 0 Å². The van der Waals surface area contributed by atoms with Crippen molar-refractivity contribution in [1.82, 2.24) is 4.90 Å². The summed E-state index contributed by atoms with van der Waals surface area (Å²) >= 11 is 0. The Balaban J connectivity index is 2.80. The second kappa shape index (κ2) is 6.58. The van der Waals surface area contributed by atoms with Crippen molar-refractivity contribution in [2.45, 2.75) is 6.92 Å². The highest BCUT2D eigenvalue weighted by molar-refractivity contribution is 5.81. The van der Waals surface area contributed by atoms with Crippen molar-refractivity contribution in [3.05, 3.63) is 28.3 Å². The fraction of sp³-hybridized carbons (Fsp3) is 0.417. The Morgan fingerprint density at radius 3 is 2.53 bits per heavy atom. The molecule has 7 nitrogen and oxygen atoms in total. The number of amides is 1. The Hall–Kier alpha value is -2.31. The molecule has 0 radical (unpaired) electrons. The van der Waals surface area contributed by atoms with E-state index in [1.54, 1.807) is 25.1 Å². The molecule has 0 spiro atoms. The number of nitrogens with zero attached hydrogens (tertiary/aromatic N) is 2. The lowest BCUT2D eigenvalue weighted by molar-refractivity contribution is -0.384. The van der Waals surface area contributed by atoms with E-state index in [1.807, 2.05) is 6.92 Å². The maximum Gasteiger partial charge on any atom is 0.273 e. The van der Waals surface area contributed by atoms with E-state index < -0.39 is 4.92 Å². The summed E-state index contributed by atoms with van der Waals surface area (Å²) in [6.45, 7) is 2.61. The molecule has 0 aliphatic rings. The molecule has 1 rings (SSSR count). The minimum Gasteiger partial charge on any atom is -0.388 e. The fourth-order valence-corrected chi connectivity index (χ4v) is 1.45. The number of hydrogen-bond donors (Lipinski definition) is 2. The van der Waals surface area contributed by atoms with Crippen molar-refractivity contribution in [3.8, 4) is 0 Å². The van der Waals surface area contributed by atoms with Gasteiger partial charge in [-0.2, -0.15) is 0 Å². The maximum absolute atomic E-state index is 11.6. The van der Waals surface area contributed by atoms with Crippen molar-refractivity contribution in [2.24, 2.45) is 0 Å². The van der Waals surface area contributed by atoms with Crippen molar-refractivity contribution < 1.29 is 9.72 Å². The quantitative estimate of drug-likeness (QED) is 0.602. The second-order valence-electron chi connectivity index (χ2n) is 4.04. The van der Waals surface area contributed by atoms with Crippen LogP contribution in [0.15, 0.2) is 18.2 Å². The van der Waals surface area contributed by atoms with Gasteiger partial charge in [-0.3, -0.25) is 14.9 Å². The first-order valence-electron chi connectivity index (χ1n) is 5.93. The van der Waals surface area contributed by atoms with Crippen LogP contribution in [0.4, 0.5) is 17.1 Å². The summed E-state index contributed by atoms with van der Waals surface area (Å²) in [6.07, 6.45) is 0. The number of rotatable bonds is 6. The van der Waals surface area contributed by atoms with E-state index in [4.69, 9.17) is 0 Å². The Morgan fingerprint density at radius 2 is 2.00 bits per heavy atom. The van der Waals surface area contributed by atoms with Crippen LogP contribution >= 0.6 is 0 Å². The number of nitro groups is 1. The molecule has 2 N–H and O–H groups in total. The molecule has 0 atom stereocenters. The van der Waals surface area contributed by atoms with Crippen LogP contribution in [0.2, 0.25) is 0 Å². The van der Waals surface area contributed by atoms with Gasteiger partial charge >= 0.3 is 0 Å². The standard InChI is InChI=1S/C12H18N4O3/c1-4-15(3)12(17)8-14-10-5-9(13-2)6-11(7-10)16(18)19/h5-7,13-14H,4,8H2,1-3H3. The number of nitro benzene ring substituents is 1. The molecule has 1 aromatic carbocycles. The Kier molecular flexibility index (Phi) is 5.11. The molecule has 0 fully saturated rings. The molecule has 0 saturated heterocycles. The van der Waals surface area contributed by atoms with Crippen LogP contribution in [0.25, 0.3) is 0 Å². The first-order valence-corrected chi connectivity index (χ1v) is 5.93. The van der Waals surface area contributed by atoms with E-state index in [1.165, 1.54) is 12.1 Å². The average Bonchev–Trinajstić information content (AvgIpc) is 2.43. The molecule has 0 aliphatic carbocycles. The molecule has 0 aromatic heterocycles. The second-order valence-corrected chi connectivity index (χ2v) is 4.04. The Bertz CT molecular complexity index is 476. The van der Waals surface area contributed by atoms with Gasteiger partial charge in [-0.15, -0.1) is 0 Å². The van der Waals surface area contributed by atoms with Crippen LogP contribution in [0, 0.1) is 10.1 Å². The molecule has 0 aliphatic heterocycles. The lowest BCUT2D eigenvalue weighted by Gasteiger charge is -2.15. The van der Waals surface area contributed by atoms with Gasteiger partial charge in [-0.1, -0.05) is 0 Å². The number of hydrogen-bond acceptors (Lipinski definition) is 5. The first kappa shape index (κ1) is 14.7. The number of likely N-dealkylation sites (N-methyl/N-ethyl adjacent to an activating group) is 1. The molecular formula is C12H18N4O3. The van der Waals surface area contributed by atoms with Crippen LogP contribution in [-0.2, 0) is 4.79 Å². The van der Waals surface area contributed by atoms with Gasteiger partial charge < -0.3 is 15.5 Å². The molecule has 1 aromatic rings. The number of nitrogens with one attached hydrogen (secondary N) is 2. The topological polar surface area (TPSA) is 87.5 Å². The normalized spacial score (nSPS) is 9.84. The van der Waals surface area contributed by atoms with Crippen LogP contribution in [-0.4, -0.2) is 42.9 Å². The van der Waals surface area contributed by atoms with Gasteiger partial charge in [0.2, 0.25) is 5.91 Å². The van der Waals surface area contributed by atoms with Crippen molar-refractivity contribution in [3.63, 3.8) is 0 Å². The third-order valence-corrected chi connectivity index (χ3v) is 2.76. The molecule has 1 amide bonds. The lowest BCUT2D eigenvalue weighted by atomic mass is 10.2. The van der Waals surface area contributed by atoms with E-state index in [0.29, 0.717) is 17.9 Å². The summed E-state index contributed by atoms with van der Waals surface area (Å²) in [5.41, 5.74) is 1.13. The third-order valence-electron chi connectivity index (χ3n) is 2.76. The molecule has 0 saturated carbocycles. The summed E-state index contributed by atoms with van der Waals surface area (Å²) in [5.74, 6) is -0.0694. The monoisotopic (exact) mass is 266 g/mol. The predicted octanol–water partition coefficient (Wildman–Crippen LogP) is 1.53. The van der Waals surface area contributed by atoms with Crippen LogP contribution in [0.1, 0.15) is 6.92 Å². The largest absolute Gasteiger partial charge is 0.388 e. The summed E-state index contributed by atoms with van der Waals surface area (Å²) in [7, 11) is 3.38. The molecule has 0 bridgehead atoms. The van der Waals surface area contributed by atoms with Gasteiger partial charge in [-0.05, 0) is 13.0 Å². The summed E-state index contributed by atoms with van der Waals surface area (Å²) in [4.78, 5) is 23.5. The SMILES string of the molecule is CCN(C)C(=O)CNc1cc(NC)cc([N+](=O)[O-])c1. The zero-order chi connectivity index (χ0) is 14.4. The molecule has 0 unspecified atom stereocenters. The highest BCUT2D eigenvalue weighted by atomic mass is 16.6. The van der Waals surface area contributed by atoms with Crippen molar-refractivity contribution in [2.75, 3.05) is 37.8 Å². The molecule has 7 heteroatoms. The number of benzene rings is 1. The summed E-state index contributed by atoms with van der Waals surface area (Å²) in [6, 6.07) is 4.55. The highest BCUT2D eigenvalue weighted by Gasteiger charge is 2.11. The zero-order valence-electron chi connectivity index (χ0n) is 11.3. The van der Waals surface area contributed by atoms with Gasteiger partial charge in [0.25, 0.3) is 5.69 Å². The van der Waals surface area contributed by atoms with E-state index in [-0.39, 0.29) is 18.1 Å². The number of anilines is 2. The van der Waals surface area contributed by atoms with Gasteiger partial charge in [0.15, 0.2) is 0 Å². The molecular weight excluding hydrogens is 248 g/mol. The van der Waals surface area contributed by atoms with E-state index >= 15 is 0 Å². The third kappa shape index (κ3) is 4.13. The number of carbonyl (C=O) groups is 1. The Labute approximate surface area is 111 Å². The smallest absolute Gasteiger partial charge is 0.273 e. The molecule has 104 valence electrons.